The molecular formula is C9H8O4. The standard InChI is InChI=1S/C9H8O4/c1-4-6(10)2-5-3-13-9(12)7(5)8(4)11/h2,10-11H,3H2,1H3. The van der Waals surface area contributed by atoms with Crippen LogP contribution in [0.3, 0.4) is 0 Å². The van der Waals surface area contributed by atoms with Crippen molar-refractivity contribution in [2.24, 2.45) is 0 Å². The van der Waals surface area contributed by atoms with Crippen LogP contribution in [0, 0.1) is 6.92 Å². The van der Waals surface area contributed by atoms with Crippen molar-refractivity contribution < 1.29 is 19.7 Å². The van der Waals surface area contributed by atoms with Crippen LogP contribution in [-0.2, 0) is 11.3 Å². The van der Waals surface area contributed by atoms with E-state index >= 15 is 0 Å². The van der Waals surface area contributed by atoms with Crippen molar-refractivity contribution in [3.63, 3.8) is 0 Å². The number of ether oxygens (including phenoxy) is 1. The Morgan fingerprint density at radius 2 is 2.15 bits per heavy atom. The van der Waals surface area contributed by atoms with Crippen LogP contribution in [0.1, 0.15) is 21.5 Å². The number of hydrogen-bond acceptors (Lipinski definition) is 4. The zero-order chi connectivity index (χ0) is 9.59. The van der Waals surface area contributed by atoms with E-state index in [-0.39, 0.29) is 23.7 Å². The predicted molar refractivity (Wildman–Crippen MR) is 43.6 cm³/mol. The highest BCUT2D eigenvalue weighted by Crippen LogP contribution is 2.36. The fourth-order valence-electron chi connectivity index (χ4n) is 1.36. The Bertz CT molecular complexity index is 395. The largest absolute Gasteiger partial charge is 0.508 e. The van der Waals surface area contributed by atoms with Gasteiger partial charge in [-0.15, -0.1) is 0 Å². The minimum atomic E-state index is -0.532. The normalized spacial score (nSPS) is 14.1. The zero-order valence-corrected chi connectivity index (χ0v) is 7.00. The molecule has 13 heavy (non-hydrogen) atoms. The number of benzene rings is 1. The van der Waals surface area contributed by atoms with Crippen LogP contribution in [0.5, 0.6) is 11.5 Å². The summed E-state index contributed by atoms with van der Waals surface area (Å²) in [5.74, 6) is -0.734. The van der Waals surface area contributed by atoms with Crippen molar-refractivity contribution in [2.45, 2.75) is 13.5 Å². The Hall–Kier alpha value is -1.71. The third-order valence-electron chi connectivity index (χ3n) is 2.17. The molecule has 2 rings (SSSR count). The van der Waals surface area contributed by atoms with E-state index in [0.29, 0.717) is 11.1 Å². The first-order valence-corrected chi connectivity index (χ1v) is 3.83. The third kappa shape index (κ3) is 0.950. The van der Waals surface area contributed by atoms with Crippen molar-refractivity contribution in [1.82, 2.24) is 0 Å². The molecule has 0 atom stereocenters. The second-order valence-electron chi connectivity index (χ2n) is 2.98. The number of esters is 1. The predicted octanol–water partition coefficient (Wildman–Crippen LogP) is 1.08. The van der Waals surface area contributed by atoms with Crippen molar-refractivity contribution in [3.8, 4) is 11.5 Å². The quantitative estimate of drug-likeness (QED) is 0.586. The second kappa shape index (κ2) is 2.39. The summed E-state index contributed by atoms with van der Waals surface area (Å²) in [7, 11) is 0. The molecule has 0 aliphatic carbocycles. The molecule has 0 bridgehead atoms. The Morgan fingerprint density at radius 3 is 2.85 bits per heavy atom. The molecule has 0 unspecified atom stereocenters. The topological polar surface area (TPSA) is 66.8 Å². The van der Waals surface area contributed by atoms with Crippen LogP contribution in [0.25, 0.3) is 0 Å². The number of fused-ring (bicyclic) bond motifs is 1. The number of hydrogen-bond donors (Lipinski definition) is 2. The number of carbonyl (C=O) groups excluding carboxylic acids is 1. The summed E-state index contributed by atoms with van der Waals surface area (Å²) in [4.78, 5) is 11.1. The van der Waals surface area contributed by atoms with Gasteiger partial charge in [0.25, 0.3) is 0 Å². The maximum atomic E-state index is 11.1. The van der Waals surface area contributed by atoms with Crippen molar-refractivity contribution >= 4 is 5.97 Å². The van der Waals surface area contributed by atoms with Gasteiger partial charge in [0.2, 0.25) is 0 Å². The molecule has 1 aliphatic heterocycles. The lowest BCUT2D eigenvalue weighted by molar-refractivity contribution is 0.0533. The van der Waals surface area contributed by atoms with Gasteiger partial charge in [-0.1, -0.05) is 0 Å². The highest BCUT2D eigenvalue weighted by Gasteiger charge is 2.27. The molecule has 0 fully saturated rings. The van der Waals surface area contributed by atoms with E-state index < -0.39 is 5.97 Å². The lowest BCUT2D eigenvalue weighted by Gasteiger charge is -2.04. The molecule has 4 heteroatoms. The van der Waals surface area contributed by atoms with Gasteiger partial charge in [-0.3, -0.25) is 0 Å². The number of phenolic OH excluding ortho intramolecular Hbond substituents is 2. The smallest absolute Gasteiger partial charge is 0.342 e. The highest BCUT2D eigenvalue weighted by molar-refractivity contribution is 5.97. The lowest BCUT2D eigenvalue weighted by atomic mass is 10.0. The van der Waals surface area contributed by atoms with Crippen LogP contribution in [0.2, 0.25) is 0 Å². The Kier molecular flexibility index (Phi) is 1.45. The number of cyclic esters (lactones) is 1. The van der Waals surface area contributed by atoms with E-state index in [1.807, 2.05) is 0 Å². The molecule has 0 saturated carbocycles. The van der Waals surface area contributed by atoms with Crippen LogP contribution < -0.4 is 0 Å². The fraction of sp³-hybridized carbons (Fsp3) is 0.222. The van der Waals surface area contributed by atoms with Crippen LogP contribution >= 0.6 is 0 Å². The van der Waals surface area contributed by atoms with Crippen LogP contribution in [0.15, 0.2) is 6.07 Å². The zero-order valence-electron chi connectivity index (χ0n) is 7.00. The molecule has 4 nitrogen and oxygen atoms in total. The summed E-state index contributed by atoms with van der Waals surface area (Å²) in [6.07, 6.45) is 0. The average molecular weight is 180 g/mol. The summed E-state index contributed by atoms with van der Waals surface area (Å²) >= 11 is 0. The maximum Gasteiger partial charge on any atom is 0.342 e. The maximum absolute atomic E-state index is 11.1. The molecule has 0 aromatic heterocycles. The summed E-state index contributed by atoms with van der Waals surface area (Å²) in [6.45, 7) is 1.66. The van der Waals surface area contributed by atoms with Gasteiger partial charge in [0.05, 0.1) is 0 Å². The number of carbonyl (C=O) groups is 1. The van der Waals surface area contributed by atoms with Crippen molar-refractivity contribution in [2.75, 3.05) is 0 Å². The average Bonchev–Trinajstić information content (AvgIpc) is 2.43. The van der Waals surface area contributed by atoms with E-state index in [0.717, 1.165) is 0 Å². The first-order valence-electron chi connectivity index (χ1n) is 3.83. The number of rotatable bonds is 0. The lowest BCUT2D eigenvalue weighted by Crippen LogP contribution is -1.95. The first kappa shape index (κ1) is 7.91. The molecule has 68 valence electrons. The molecule has 1 heterocycles. The Balaban J connectivity index is 2.75. The Labute approximate surface area is 74.4 Å². The van der Waals surface area contributed by atoms with Gasteiger partial charge in [-0.05, 0) is 13.0 Å². The van der Waals surface area contributed by atoms with Gasteiger partial charge < -0.3 is 14.9 Å². The molecule has 0 spiro atoms. The van der Waals surface area contributed by atoms with Gasteiger partial charge in [0, 0.05) is 11.1 Å². The molecule has 1 aliphatic rings. The summed E-state index contributed by atoms with van der Waals surface area (Å²) < 4.78 is 4.70. The van der Waals surface area contributed by atoms with Crippen molar-refractivity contribution in [1.29, 1.82) is 0 Å². The monoisotopic (exact) mass is 180 g/mol. The molecule has 0 radical (unpaired) electrons. The van der Waals surface area contributed by atoms with Gasteiger partial charge in [-0.2, -0.15) is 0 Å². The third-order valence-corrected chi connectivity index (χ3v) is 2.17. The van der Waals surface area contributed by atoms with Gasteiger partial charge >= 0.3 is 5.97 Å². The van der Waals surface area contributed by atoms with E-state index in [2.05, 4.69) is 0 Å². The van der Waals surface area contributed by atoms with E-state index in [1.165, 1.54) is 13.0 Å². The fourth-order valence-corrected chi connectivity index (χ4v) is 1.36. The molecule has 1 aromatic rings. The van der Waals surface area contributed by atoms with Gasteiger partial charge in [-0.25, -0.2) is 4.79 Å². The van der Waals surface area contributed by atoms with Crippen LogP contribution in [-0.4, -0.2) is 16.2 Å². The van der Waals surface area contributed by atoms with Gasteiger partial charge in [0.15, 0.2) is 0 Å². The van der Waals surface area contributed by atoms with E-state index in [9.17, 15) is 15.0 Å². The minimum Gasteiger partial charge on any atom is -0.508 e. The Morgan fingerprint density at radius 1 is 1.46 bits per heavy atom. The number of phenols is 2. The highest BCUT2D eigenvalue weighted by atomic mass is 16.5. The summed E-state index contributed by atoms with van der Waals surface area (Å²) in [5, 5.41) is 18.8. The SMILES string of the molecule is Cc1c(O)cc2c(c1O)C(=O)OC2. The summed E-state index contributed by atoms with van der Waals surface area (Å²) in [5.41, 5.74) is 1.01. The summed E-state index contributed by atoms with van der Waals surface area (Å²) in [6, 6.07) is 1.44. The molecule has 2 N–H and O–H groups in total. The minimum absolute atomic E-state index is 0.0189. The van der Waals surface area contributed by atoms with E-state index in [4.69, 9.17) is 4.74 Å². The second-order valence-corrected chi connectivity index (χ2v) is 2.98. The molecule has 0 amide bonds. The molecule has 1 aromatic carbocycles. The number of aromatic hydroxyl groups is 2. The van der Waals surface area contributed by atoms with Gasteiger partial charge in [0.1, 0.15) is 23.7 Å². The molecule has 0 saturated heterocycles. The van der Waals surface area contributed by atoms with Crippen molar-refractivity contribution in [3.05, 3.63) is 22.8 Å². The van der Waals surface area contributed by atoms with E-state index in [1.54, 1.807) is 0 Å². The first-order chi connectivity index (χ1) is 6.11. The molecular weight excluding hydrogens is 172 g/mol. The van der Waals surface area contributed by atoms with Crippen LogP contribution in [0.4, 0.5) is 0 Å².